The van der Waals surface area contributed by atoms with Crippen LogP contribution in [0.15, 0.2) is 4.60 Å². The Hall–Kier alpha value is -0.840. The zero-order valence-corrected chi connectivity index (χ0v) is 12.0. The van der Waals surface area contributed by atoms with E-state index in [1.165, 1.54) is 7.11 Å². The molecular formula is C12H17BrN2O2. The highest BCUT2D eigenvalue weighted by atomic mass is 79.9. The van der Waals surface area contributed by atoms with Crippen LogP contribution in [0.25, 0.3) is 0 Å². The number of imidazole rings is 1. The van der Waals surface area contributed by atoms with Crippen LogP contribution in [0.1, 0.15) is 50.2 Å². The minimum Gasteiger partial charge on any atom is -0.467 e. The lowest BCUT2D eigenvalue weighted by molar-refractivity contribution is -0.145. The number of fused-ring (bicyclic) bond motifs is 1. The van der Waals surface area contributed by atoms with Gasteiger partial charge >= 0.3 is 5.97 Å². The summed E-state index contributed by atoms with van der Waals surface area (Å²) in [4.78, 5) is 16.4. The number of esters is 1. The van der Waals surface area contributed by atoms with Gasteiger partial charge in [0.2, 0.25) is 0 Å². The molecule has 0 amide bonds. The average molecular weight is 301 g/mol. The monoisotopic (exact) mass is 300 g/mol. The summed E-state index contributed by atoms with van der Waals surface area (Å²) in [7, 11) is 1.44. The minimum absolute atomic E-state index is 0.169. The van der Waals surface area contributed by atoms with Gasteiger partial charge in [-0.2, -0.15) is 0 Å². The van der Waals surface area contributed by atoms with Crippen molar-refractivity contribution in [1.82, 2.24) is 9.55 Å². The Kier molecular flexibility index (Phi) is 3.56. The molecule has 1 aromatic rings. The van der Waals surface area contributed by atoms with Crippen LogP contribution in [0.4, 0.5) is 0 Å². The van der Waals surface area contributed by atoms with Gasteiger partial charge in [0.1, 0.15) is 16.5 Å². The lowest BCUT2D eigenvalue weighted by Gasteiger charge is -2.26. The van der Waals surface area contributed by atoms with Gasteiger partial charge in [0.15, 0.2) is 0 Å². The number of halogens is 1. The largest absolute Gasteiger partial charge is 0.467 e. The van der Waals surface area contributed by atoms with E-state index >= 15 is 0 Å². The first-order chi connectivity index (χ1) is 8.06. The van der Waals surface area contributed by atoms with E-state index in [2.05, 4.69) is 39.3 Å². The molecule has 0 aromatic carbocycles. The Morgan fingerprint density at radius 2 is 2.29 bits per heavy atom. The van der Waals surface area contributed by atoms with Crippen LogP contribution in [0.3, 0.4) is 0 Å². The van der Waals surface area contributed by atoms with E-state index in [1.54, 1.807) is 0 Å². The molecule has 5 heteroatoms. The number of ether oxygens (including phenoxy) is 1. The van der Waals surface area contributed by atoms with E-state index in [4.69, 9.17) is 4.74 Å². The normalized spacial score (nSPS) is 19.2. The van der Waals surface area contributed by atoms with E-state index in [1.807, 2.05) is 0 Å². The van der Waals surface area contributed by atoms with Crippen molar-refractivity contribution in [3.8, 4) is 0 Å². The predicted molar refractivity (Wildman–Crippen MR) is 68.0 cm³/mol. The molecule has 94 valence electrons. The third kappa shape index (κ3) is 2.12. The van der Waals surface area contributed by atoms with Crippen LogP contribution < -0.4 is 0 Å². The summed E-state index contributed by atoms with van der Waals surface area (Å²) >= 11 is 3.49. The van der Waals surface area contributed by atoms with Gasteiger partial charge in [-0.1, -0.05) is 13.8 Å². The molecule has 0 radical (unpaired) electrons. The molecule has 0 N–H and O–H groups in total. The highest BCUT2D eigenvalue weighted by Gasteiger charge is 2.32. The van der Waals surface area contributed by atoms with Gasteiger partial charge in [0, 0.05) is 5.92 Å². The minimum atomic E-state index is -0.208. The first kappa shape index (κ1) is 12.6. The second-order valence-electron chi connectivity index (χ2n) is 4.66. The van der Waals surface area contributed by atoms with Gasteiger partial charge in [-0.15, -0.1) is 0 Å². The summed E-state index contributed by atoms with van der Waals surface area (Å²) in [5, 5.41) is 0. The number of carbonyl (C=O) groups is 1. The van der Waals surface area contributed by atoms with Crippen molar-refractivity contribution in [3.63, 3.8) is 0 Å². The molecule has 1 aliphatic rings. The summed E-state index contributed by atoms with van der Waals surface area (Å²) in [6, 6.07) is -0.208. The fraction of sp³-hybridized carbons (Fsp3) is 0.667. The van der Waals surface area contributed by atoms with Crippen LogP contribution in [-0.2, 0) is 16.0 Å². The van der Waals surface area contributed by atoms with Gasteiger partial charge in [0.05, 0.1) is 12.8 Å². The Labute approximate surface area is 109 Å². The fourth-order valence-electron chi connectivity index (χ4n) is 2.39. The van der Waals surface area contributed by atoms with Gasteiger partial charge < -0.3 is 9.30 Å². The van der Waals surface area contributed by atoms with Crippen LogP contribution in [0.2, 0.25) is 0 Å². The zero-order chi connectivity index (χ0) is 12.6. The maximum Gasteiger partial charge on any atom is 0.328 e. The molecule has 4 nitrogen and oxygen atoms in total. The van der Waals surface area contributed by atoms with Crippen LogP contribution in [-0.4, -0.2) is 22.6 Å². The van der Waals surface area contributed by atoms with Gasteiger partial charge in [0.25, 0.3) is 0 Å². The number of hydrogen-bond donors (Lipinski definition) is 0. The van der Waals surface area contributed by atoms with E-state index in [9.17, 15) is 4.79 Å². The van der Waals surface area contributed by atoms with Crippen LogP contribution >= 0.6 is 15.9 Å². The smallest absolute Gasteiger partial charge is 0.328 e. The number of aromatic nitrogens is 2. The third-order valence-corrected chi connectivity index (χ3v) is 3.82. The molecule has 1 aliphatic heterocycles. The summed E-state index contributed by atoms with van der Waals surface area (Å²) in [5.74, 6) is 1.09. The second-order valence-corrected chi connectivity index (χ2v) is 5.41. The first-order valence-corrected chi connectivity index (χ1v) is 6.69. The van der Waals surface area contributed by atoms with Gasteiger partial charge in [-0.25, -0.2) is 9.78 Å². The van der Waals surface area contributed by atoms with E-state index in [0.29, 0.717) is 5.92 Å². The fourth-order valence-corrected chi connectivity index (χ4v) is 2.96. The molecule has 2 heterocycles. The molecule has 0 aliphatic carbocycles. The quantitative estimate of drug-likeness (QED) is 0.789. The van der Waals surface area contributed by atoms with Crippen molar-refractivity contribution in [2.75, 3.05) is 7.11 Å². The Bertz CT molecular complexity index is 440. The molecule has 0 saturated carbocycles. The molecule has 17 heavy (non-hydrogen) atoms. The van der Waals surface area contributed by atoms with Gasteiger partial charge in [-0.05, 0) is 35.2 Å². The number of rotatable bonds is 2. The molecule has 2 rings (SSSR count). The molecule has 1 aromatic heterocycles. The molecule has 1 atom stereocenters. The van der Waals surface area contributed by atoms with E-state index < -0.39 is 0 Å². The van der Waals surface area contributed by atoms with Gasteiger partial charge in [-0.3, -0.25) is 0 Å². The van der Waals surface area contributed by atoms with E-state index in [-0.39, 0.29) is 12.0 Å². The van der Waals surface area contributed by atoms with Crippen LogP contribution in [0, 0.1) is 0 Å². The Balaban J connectivity index is 2.51. The van der Waals surface area contributed by atoms with Crippen molar-refractivity contribution in [1.29, 1.82) is 0 Å². The third-order valence-electron chi connectivity index (χ3n) is 3.18. The number of carbonyl (C=O) groups excluding carboxylic acids is 1. The average Bonchev–Trinajstić information content (AvgIpc) is 2.66. The lowest BCUT2D eigenvalue weighted by atomic mass is 10.0. The van der Waals surface area contributed by atoms with Crippen molar-refractivity contribution in [2.24, 2.45) is 0 Å². The lowest BCUT2D eigenvalue weighted by Crippen LogP contribution is -2.28. The van der Waals surface area contributed by atoms with Crippen molar-refractivity contribution in [2.45, 2.75) is 45.1 Å². The molecule has 0 bridgehead atoms. The maximum atomic E-state index is 11.8. The summed E-state index contributed by atoms with van der Waals surface area (Å²) in [5.41, 5.74) is 1.12. The number of methoxy groups -OCH3 is 1. The SMILES string of the molecule is COC(=O)C1CCCc2c(Br)nc(C(C)C)n21. The zero-order valence-electron chi connectivity index (χ0n) is 10.4. The predicted octanol–water partition coefficient (Wildman–Crippen LogP) is 2.82. The molecule has 0 fully saturated rings. The summed E-state index contributed by atoms with van der Waals surface area (Å²) in [6.45, 7) is 4.18. The molecule has 1 unspecified atom stereocenters. The number of nitrogens with zero attached hydrogens (tertiary/aromatic N) is 2. The maximum absolute atomic E-state index is 11.8. The van der Waals surface area contributed by atoms with E-state index in [0.717, 1.165) is 35.4 Å². The van der Waals surface area contributed by atoms with Crippen LogP contribution in [0.5, 0.6) is 0 Å². The Morgan fingerprint density at radius 1 is 1.59 bits per heavy atom. The molecule has 0 saturated heterocycles. The van der Waals surface area contributed by atoms with Crippen molar-refractivity contribution >= 4 is 21.9 Å². The van der Waals surface area contributed by atoms with Crippen molar-refractivity contribution < 1.29 is 9.53 Å². The second kappa shape index (κ2) is 4.80. The summed E-state index contributed by atoms with van der Waals surface area (Å²) in [6.07, 6.45) is 2.80. The highest BCUT2D eigenvalue weighted by molar-refractivity contribution is 9.10. The topological polar surface area (TPSA) is 44.1 Å². The van der Waals surface area contributed by atoms with Crippen molar-refractivity contribution in [3.05, 3.63) is 16.1 Å². The summed E-state index contributed by atoms with van der Waals surface area (Å²) < 4.78 is 7.82. The Morgan fingerprint density at radius 3 is 2.88 bits per heavy atom. The first-order valence-electron chi connectivity index (χ1n) is 5.90. The highest BCUT2D eigenvalue weighted by Crippen LogP contribution is 2.34. The number of hydrogen-bond acceptors (Lipinski definition) is 3. The standard InChI is InChI=1S/C12H17BrN2O2/c1-7(2)11-14-10(13)8-5-4-6-9(15(8)11)12(16)17-3/h7,9H,4-6H2,1-3H3. The molecular weight excluding hydrogens is 284 g/mol. The molecule has 0 spiro atoms.